The summed E-state index contributed by atoms with van der Waals surface area (Å²) in [4.78, 5) is 20.9. The summed E-state index contributed by atoms with van der Waals surface area (Å²) in [6.45, 7) is 11.8. The number of nitrogens with zero attached hydrogens (tertiary/aromatic N) is 8. The number of likely N-dealkylation sites (tertiary alicyclic amines) is 2. The predicted octanol–water partition coefficient (Wildman–Crippen LogP) is 4.91. The maximum absolute atomic E-state index is 14.6. The minimum Gasteiger partial charge on any atom is -0.434 e. The first kappa shape index (κ1) is 30.1. The first-order chi connectivity index (χ1) is 22.3. The van der Waals surface area contributed by atoms with Gasteiger partial charge in [0.15, 0.2) is 5.82 Å². The average Bonchev–Trinajstić information content (AvgIpc) is 3.97. The number of rotatable bonds is 10. The van der Waals surface area contributed by atoms with Crippen molar-refractivity contribution in [2.45, 2.75) is 76.4 Å². The van der Waals surface area contributed by atoms with Gasteiger partial charge in [0, 0.05) is 67.4 Å². The van der Waals surface area contributed by atoms with Gasteiger partial charge in [-0.3, -0.25) is 4.90 Å². The number of anilines is 1. The molecule has 1 atom stereocenters. The van der Waals surface area contributed by atoms with Gasteiger partial charge in [0.25, 0.3) is 5.88 Å². The van der Waals surface area contributed by atoms with E-state index < -0.39 is 5.60 Å². The smallest absolute Gasteiger partial charge is 0.282 e. The number of aromatic nitrogens is 5. The molecule has 3 saturated heterocycles. The van der Waals surface area contributed by atoms with Crippen LogP contribution in [-0.4, -0.2) is 97.5 Å². The van der Waals surface area contributed by atoms with E-state index >= 15 is 0 Å². The molecular formula is C35H45FN8O2. The zero-order valence-corrected chi connectivity index (χ0v) is 27.0. The van der Waals surface area contributed by atoms with Gasteiger partial charge in [-0.1, -0.05) is 13.8 Å². The fourth-order valence-electron chi connectivity index (χ4n) is 8.51. The van der Waals surface area contributed by atoms with Crippen LogP contribution < -0.4 is 9.64 Å². The van der Waals surface area contributed by atoms with Crippen LogP contribution in [0.5, 0.6) is 11.6 Å². The molecule has 5 fully saturated rings. The Balaban J connectivity index is 0.949. The van der Waals surface area contributed by atoms with Crippen molar-refractivity contribution in [2.75, 3.05) is 50.7 Å². The molecule has 2 aromatic heterocycles. The molecule has 1 spiro atoms. The van der Waals surface area contributed by atoms with Crippen molar-refractivity contribution in [3.05, 3.63) is 48.6 Å². The number of aliphatic hydroxyl groups is 1. The third-order valence-corrected chi connectivity index (χ3v) is 11.1. The van der Waals surface area contributed by atoms with E-state index in [0.717, 1.165) is 89.2 Å². The van der Waals surface area contributed by atoms with E-state index in [1.54, 1.807) is 18.6 Å². The van der Waals surface area contributed by atoms with Crippen molar-refractivity contribution in [2.24, 2.45) is 17.3 Å². The third-order valence-electron chi connectivity index (χ3n) is 11.1. The van der Waals surface area contributed by atoms with Gasteiger partial charge in [0.2, 0.25) is 0 Å². The van der Waals surface area contributed by atoms with Crippen LogP contribution >= 0.6 is 0 Å². The molecule has 5 aliphatic rings. The van der Waals surface area contributed by atoms with Crippen LogP contribution in [-0.2, 0) is 0 Å². The van der Waals surface area contributed by atoms with Gasteiger partial charge < -0.3 is 19.6 Å². The van der Waals surface area contributed by atoms with Crippen molar-refractivity contribution in [3.63, 3.8) is 0 Å². The van der Waals surface area contributed by atoms with Crippen molar-refractivity contribution in [1.82, 2.24) is 34.9 Å². The van der Waals surface area contributed by atoms with Crippen LogP contribution in [0.3, 0.4) is 0 Å². The Kier molecular flexibility index (Phi) is 7.68. The Morgan fingerprint density at radius 2 is 1.78 bits per heavy atom. The highest BCUT2D eigenvalue weighted by Gasteiger charge is 2.52. The quantitative estimate of drug-likeness (QED) is 0.333. The highest BCUT2D eigenvalue weighted by molar-refractivity contribution is 5.73. The van der Waals surface area contributed by atoms with Crippen LogP contribution in [0.4, 0.5) is 10.2 Å². The topological polar surface area (TPSA) is 104 Å². The molecule has 1 aromatic carbocycles. The molecule has 0 bridgehead atoms. The minimum atomic E-state index is -0.398. The number of benzene rings is 1. The Labute approximate surface area is 270 Å². The monoisotopic (exact) mass is 628 g/mol. The molecule has 0 radical (unpaired) electrons. The highest BCUT2D eigenvalue weighted by Crippen LogP contribution is 2.48. The number of piperidine rings is 1. The van der Waals surface area contributed by atoms with Crippen molar-refractivity contribution < 1.29 is 14.2 Å². The lowest BCUT2D eigenvalue weighted by molar-refractivity contribution is -0.0620. The van der Waals surface area contributed by atoms with E-state index in [1.807, 2.05) is 0 Å². The van der Waals surface area contributed by atoms with E-state index in [0.29, 0.717) is 46.8 Å². The third kappa shape index (κ3) is 5.97. The summed E-state index contributed by atoms with van der Waals surface area (Å²) in [6, 6.07) is 5.13. The van der Waals surface area contributed by atoms with Gasteiger partial charge in [-0.2, -0.15) is 0 Å². The first-order valence-corrected chi connectivity index (χ1v) is 17.2. The summed E-state index contributed by atoms with van der Waals surface area (Å²) in [5.41, 5.74) is 2.16. The van der Waals surface area contributed by atoms with Crippen molar-refractivity contribution in [1.29, 1.82) is 0 Å². The molecule has 3 aliphatic heterocycles. The maximum Gasteiger partial charge on any atom is 0.282 e. The highest BCUT2D eigenvalue weighted by atomic mass is 19.1. The lowest BCUT2D eigenvalue weighted by atomic mass is 9.73. The zero-order valence-electron chi connectivity index (χ0n) is 27.0. The molecule has 244 valence electrons. The lowest BCUT2D eigenvalue weighted by Crippen LogP contribution is -2.64. The van der Waals surface area contributed by atoms with Crippen LogP contribution in [0.15, 0.2) is 37.1 Å². The molecule has 2 aliphatic carbocycles. The standard InChI is InChI=1S/C35H45FN8O2/c1-23(2)31(25-7-12-42(13-8-25)20-35(45)9-10-35)44-18-34(19-44)11-14-43(17-34)32-33(41-40-22-39-32)46-29-6-5-26(36)15-27(29)28-16-37-21-38-30(28)24-3-4-24/h5-6,15-16,21-25,31,45H,3-4,7-14,17-20H2,1-2H3/t31-/m1/s1. The van der Waals surface area contributed by atoms with Gasteiger partial charge in [-0.05, 0) is 88.1 Å². The van der Waals surface area contributed by atoms with Gasteiger partial charge >= 0.3 is 0 Å². The number of β-amino-alcohol motifs (C(OH)–C–C–N with tert-alkyl or cyclic N) is 1. The van der Waals surface area contributed by atoms with E-state index in [2.05, 4.69) is 53.7 Å². The summed E-state index contributed by atoms with van der Waals surface area (Å²) < 4.78 is 21.0. The number of halogens is 1. The van der Waals surface area contributed by atoms with Crippen LogP contribution in [0.1, 0.15) is 70.4 Å². The maximum atomic E-state index is 14.6. The van der Waals surface area contributed by atoms with Gasteiger partial charge in [0.1, 0.15) is 24.2 Å². The Morgan fingerprint density at radius 1 is 0.978 bits per heavy atom. The van der Waals surface area contributed by atoms with Crippen LogP contribution in [0.25, 0.3) is 11.1 Å². The molecule has 2 saturated carbocycles. The SMILES string of the molecule is CC(C)[C@H](C1CCN(CC2(O)CC2)CC1)N1CC2(CCN(c3ncnnc3Oc3ccc(F)cc3-c3cncnc3C3CC3)C2)C1. The Bertz CT molecular complexity index is 1570. The molecule has 5 heterocycles. The molecule has 10 nitrogen and oxygen atoms in total. The fourth-order valence-corrected chi connectivity index (χ4v) is 8.51. The van der Waals surface area contributed by atoms with E-state index in [1.165, 1.54) is 31.3 Å². The second-order valence-corrected chi connectivity index (χ2v) is 15.1. The normalized spacial score (nSPS) is 23.5. The second kappa shape index (κ2) is 11.8. The Hall–Kier alpha value is -3.28. The predicted molar refractivity (Wildman–Crippen MR) is 172 cm³/mol. The lowest BCUT2D eigenvalue weighted by Gasteiger charge is -2.55. The van der Waals surface area contributed by atoms with Gasteiger partial charge in [-0.25, -0.2) is 19.3 Å². The fraction of sp³-hybridized carbons (Fsp3) is 0.629. The van der Waals surface area contributed by atoms with Crippen LogP contribution in [0.2, 0.25) is 0 Å². The summed E-state index contributed by atoms with van der Waals surface area (Å²) >= 11 is 0. The van der Waals surface area contributed by atoms with Crippen LogP contribution in [0, 0.1) is 23.1 Å². The number of hydrogen-bond donors (Lipinski definition) is 1. The zero-order chi connectivity index (χ0) is 31.5. The molecule has 0 unspecified atom stereocenters. The summed E-state index contributed by atoms with van der Waals surface area (Å²) in [5, 5.41) is 18.8. The average molecular weight is 629 g/mol. The van der Waals surface area contributed by atoms with E-state index in [4.69, 9.17) is 4.74 Å². The minimum absolute atomic E-state index is 0.229. The van der Waals surface area contributed by atoms with Crippen molar-refractivity contribution >= 4 is 5.82 Å². The summed E-state index contributed by atoms with van der Waals surface area (Å²) in [6.07, 6.45) is 12.4. The number of ether oxygens (including phenoxy) is 1. The molecule has 1 N–H and O–H groups in total. The van der Waals surface area contributed by atoms with Crippen molar-refractivity contribution in [3.8, 4) is 22.8 Å². The van der Waals surface area contributed by atoms with Gasteiger partial charge in [-0.15, -0.1) is 10.2 Å². The second-order valence-electron chi connectivity index (χ2n) is 15.1. The van der Waals surface area contributed by atoms with E-state index in [-0.39, 0.29) is 11.2 Å². The summed E-state index contributed by atoms with van der Waals surface area (Å²) in [5.74, 6) is 2.83. The summed E-state index contributed by atoms with van der Waals surface area (Å²) in [7, 11) is 0. The Morgan fingerprint density at radius 3 is 2.52 bits per heavy atom. The molecule has 46 heavy (non-hydrogen) atoms. The molecule has 0 amide bonds. The number of hydrogen-bond acceptors (Lipinski definition) is 10. The van der Waals surface area contributed by atoms with E-state index in [9.17, 15) is 9.50 Å². The van der Waals surface area contributed by atoms with Gasteiger partial charge in [0.05, 0.1) is 11.3 Å². The molecular weight excluding hydrogens is 583 g/mol. The molecule has 8 rings (SSSR count). The molecule has 11 heteroatoms. The first-order valence-electron chi connectivity index (χ1n) is 17.2. The largest absolute Gasteiger partial charge is 0.434 e. The molecule has 3 aromatic rings.